The number of nitrogens with one attached hydrogen (secondary N) is 2. The number of amides is 2. The van der Waals surface area contributed by atoms with Gasteiger partial charge in [-0.15, -0.1) is 0 Å². The number of urea groups is 1. The van der Waals surface area contributed by atoms with Crippen LogP contribution in [0.5, 0.6) is 23.0 Å². The van der Waals surface area contributed by atoms with Gasteiger partial charge in [0.1, 0.15) is 5.75 Å². The summed E-state index contributed by atoms with van der Waals surface area (Å²) in [5.41, 5.74) is 1.11. The summed E-state index contributed by atoms with van der Waals surface area (Å²) in [7, 11) is 6.10. The highest BCUT2D eigenvalue weighted by molar-refractivity contribution is 6.00. The molecule has 0 aliphatic rings. The molecule has 0 bridgehead atoms. The number of hydrogen-bond donors (Lipinski definition) is 2. The van der Waals surface area contributed by atoms with Crippen molar-refractivity contribution in [2.75, 3.05) is 39.1 Å². The van der Waals surface area contributed by atoms with Crippen LogP contribution in [0.25, 0.3) is 0 Å². The molecule has 7 nitrogen and oxygen atoms in total. The molecule has 0 aromatic heterocycles. The Morgan fingerprint density at radius 1 is 0.792 bits per heavy atom. The summed E-state index contributed by atoms with van der Waals surface area (Å²) < 4.78 is 20.9. The first kappa shape index (κ1) is 17.3. The van der Waals surface area contributed by atoms with Crippen LogP contribution in [0.2, 0.25) is 0 Å². The predicted molar refractivity (Wildman–Crippen MR) is 91.7 cm³/mol. The molecule has 24 heavy (non-hydrogen) atoms. The van der Waals surface area contributed by atoms with Crippen LogP contribution in [0.15, 0.2) is 36.4 Å². The molecule has 0 fully saturated rings. The average Bonchev–Trinajstić information content (AvgIpc) is 2.60. The Bertz CT molecular complexity index is 693. The second kappa shape index (κ2) is 7.96. The third-order valence-corrected chi connectivity index (χ3v) is 3.25. The van der Waals surface area contributed by atoms with E-state index >= 15 is 0 Å². The number of benzene rings is 2. The zero-order chi connectivity index (χ0) is 17.5. The van der Waals surface area contributed by atoms with Gasteiger partial charge < -0.3 is 29.6 Å². The van der Waals surface area contributed by atoms with Crippen LogP contribution in [0.1, 0.15) is 0 Å². The molecule has 2 rings (SSSR count). The fourth-order valence-corrected chi connectivity index (χ4v) is 2.15. The SMILES string of the molecule is COc1cccc(NC(=O)Nc2cc(OC)c(OC)c(OC)c2)c1. The Morgan fingerprint density at radius 2 is 1.42 bits per heavy atom. The number of hydrogen-bond acceptors (Lipinski definition) is 5. The van der Waals surface area contributed by atoms with Crippen molar-refractivity contribution >= 4 is 17.4 Å². The number of methoxy groups -OCH3 is 4. The van der Waals surface area contributed by atoms with Crippen LogP contribution in [-0.2, 0) is 0 Å². The lowest BCUT2D eigenvalue weighted by atomic mass is 10.2. The first-order chi connectivity index (χ1) is 11.6. The summed E-state index contributed by atoms with van der Waals surface area (Å²) >= 11 is 0. The van der Waals surface area contributed by atoms with Crippen LogP contribution >= 0.6 is 0 Å². The maximum absolute atomic E-state index is 12.2. The van der Waals surface area contributed by atoms with Gasteiger partial charge in [-0.25, -0.2) is 4.79 Å². The molecule has 2 aromatic carbocycles. The second-order valence-corrected chi connectivity index (χ2v) is 4.73. The van der Waals surface area contributed by atoms with Gasteiger partial charge in [0.05, 0.1) is 34.1 Å². The zero-order valence-electron chi connectivity index (χ0n) is 14.0. The van der Waals surface area contributed by atoms with Crippen molar-refractivity contribution in [3.8, 4) is 23.0 Å². The first-order valence-corrected chi connectivity index (χ1v) is 7.13. The van der Waals surface area contributed by atoms with E-state index < -0.39 is 6.03 Å². The van der Waals surface area contributed by atoms with E-state index in [0.717, 1.165) is 0 Å². The summed E-state index contributed by atoms with van der Waals surface area (Å²) in [5.74, 6) is 2.02. The fourth-order valence-electron chi connectivity index (χ4n) is 2.15. The molecule has 2 N–H and O–H groups in total. The highest BCUT2D eigenvalue weighted by Gasteiger charge is 2.14. The lowest BCUT2D eigenvalue weighted by Crippen LogP contribution is -2.19. The second-order valence-electron chi connectivity index (χ2n) is 4.73. The minimum atomic E-state index is -0.405. The van der Waals surface area contributed by atoms with Gasteiger partial charge in [0.15, 0.2) is 11.5 Å². The lowest BCUT2D eigenvalue weighted by molar-refractivity contribution is 0.262. The number of rotatable bonds is 6. The normalized spacial score (nSPS) is 9.83. The average molecular weight is 332 g/mol. The maximum atomic E-state index is 12.2. The van der Waals surface area contributed by atoms with E-state index in [2.05, 4.69) is 10.6 Å². The Kier molecular flexibility index (Phi) is 5.73. The quantitative estimate of drug-likeness (QED) is 0.848. The Labute approximate surface area is 140 Å². The lowest BCUT2D eigenvalue weighted by Gasteiger charge is -2.15. The molecule has 0 aliphatic heterocycles. The van der Waals surface area contributed by atoms with E-state index in [1.165, 1.54) is 21.3 Å². The summed E-state index contributed by atoms with van der Waals surface area (Å²) in [4.78, 5) is 12.2. The van der Waals surface area contributed by atoms with Gasteiger partial charge in [-0.1, -0.05) is 6.07 Å². The molecule has 7 heteroatoms. The van der Waals surface area contributed by atoms with E-state index in [1.807, 2.05) is 0 Å². The summed E-state index contributed by atoms with van der Waals surface area (Å²) in [6.45, 7) is 0. The molecule has 0 heterocycles. The van der Waals surface area contributed by atoms with Gasteiger partial charge in [0.25, 0.3) is 0 Å². The molecule has 0 atom stereocenters. The molecule has 128 valence electrons. The highest BCUT2D eigenvalue weighted by Crippen LogP contribution is 2.39. The minimum Gasteiger partial charge on any atom is -0.497 e. The molecule has 0 unspecified atom stereocenters. The van der Waals surface area contributed by atoms with Crippen LogP contribution in [-0.4, -0.2) is 34.5 Å². The number of anilines is 2. The van der Waals surface area contributed by atoms with Crippen LogP contribution in [0.4, 0.5) is 16.2 Å². The third-order valence-electron chi connectivity index (χ3n) is 3.25. The van der Waals surface area contributed by atoms with Crippen molar-refractivity contribution in [1.82, 2.24) is 0 Å². The predicted octanol–water partition coefficient (Wildman–Crippen LogP) is 3.37. The Balaban J connectivity index is 2.16. The van der Waals surface area contributed by atoms with Crippen LogP contribution < -0.4 is 29.6 Å². The fraction of sp³-hybridized carbons (Fsp3) is 0.235. The topological polar surface area (TPSA) is 78.1 Å². The van der Waals surface area contributed by atoms with Crippen LogP contribution in [0.3, 0.4) is 0 Å². The van der Waals surface area contributed by atoms with Crippen molar-refractivity contribution < 1.29 is 23.7 Å². The minimum absolute atomic E-state index is 0.405. The molecule has 0 aliphatic carbocycles. The van der Waals surface area contributed by atoms with E-state index in [9.17, 15) is 4.79 Å². The van der Waals surface area contributed by atoms with Crippen molar-refractivity contribution in [3.05, 3.63) is 36.4 Å². The zero-order valence-corrected chi connectivity index (χ0v) is 14.0. The van der Waals surface area contributed by atoms with Gasteiger partial charge in [-0.2, -0.15) is 0 Å². The molecule has 0 saturated heterocycles. The summed E-state index contributed by atoms with van der Waals surface area (Å²) in [6.07, 6.45) is 0. The summed E-state index contributed by atoms with van der Waals surface area (Å²) in [5, 5.41) is 5.45. The molecule has 0 saturated carbocycles. The van der Waals surface area contributed by atoms with Gasteiger partial charge in [-0.05, 0) is 12.1 Å². The number of carbonyl (C=O) groups excluding carboxylic acids is 1. The first-order valence-electron chi connectivity index (χ1n) is 7.13. The van der Waals surface area contributed by atoms with E-state index in [0.29, 0.717) is 34.4 Å². The van der Waals surface area contributed by atoms with Crippen molar-refractivity contribution in [3.63, 3.8) is 0 Å². The number of carbonyl (C=O) groups is 1. The monoisotopic (exact) mass is 332 g/mol. The van der Waals surface area contributed by atoms with E-state index in [4.69, 9.17) is 18.9 Å². The standard InChI is InChI=1S/C17H20N2O5/c1-21-13-7-5-6-11(8-13)18-17(20)19-12-9-14(22-2)16(24-4)15(10-12)23-3/h5-10H,1-4H3,(H2,18,19,20). The van der Waals surface area contributed by atoms with Gasteiger partial charge in [0, 0.05) is 23.9 Å². The van der Waals surface area contributed by atoms with Crippen LogP contribution in [0, 0.1) is 0 Å². The number of ether oxygens (including phenoxy) is 4. The maximum Gasteiger partial charge on any atom is 0.323 e. The molecule has 2 amide bonds. The third kappa shape index (κ3) is 4.01. The van der Waals surface area contributed by atoms with Gasteiger partial charge in [0.2, 0.25) is 5.75 Å². The molecule has 2 aromatic rings. The smallest absolute Gasteiger partial charge is 0.323 e. The van der Waals surface area contributed by atoms with Crippen molar-refractivity contribution in [1.29, 1.82) is 0 Å². The largest absolute Gasteiger partial charge is 0.497 e. The van der Waals surface area contributed by atoms with Gasteiger partial charge >= 0.3 is 6.03 Å². The van der Waals surface area contributed by atoms with Gasteiger partial charge in [-0.3, -0.25) is 0 Å². The van der Waals surface area contributed by atoms with Crippen molar-refractivity contribution in [2.45, 2.75) is 0 Å². The Morgan fingerprint density at radius 3 is 1.96 bits per heavy atom. The molecular weight excluding hydrogens is 312 g/mol. The molecule has 0 radical (unpaired) electrons. The van der Waals surface area contributed by atoms with Crippen molar-refractivity contribution in [2.24, 2.45) is 0 Å². The highest BCUT2D eigenvalue weighted by atomic mass is 16.5. The molecule has 0 spiro atoms. The summed E-state index contributed by atoms with van der Waals surface area (Å²) in [6, 6.07) is 9.94. The Hall–Kier alpha value is -3.09. The van der Waals surface area contributed by atoms with E-state index in [-0.39, 0.29) is 0 Å². The van der Waals surface area contributed by atoms with E-state index in [1.54, 1.807) is 43.5 Å². The molecular formula is C17H20N2O5.